The number of terminal acetylenes is 1. The highest BCUT2D eigenvalue weighted by Crippen LogP contribution is 2.30. The smallest absolute Gasteiger partial charge is 0.307 e. The summed E-state index contributed by atoms with van der Waals surface area (Å²) in [6.07, 6.45) is 0.787. The van der Waals surface area contributed by atoms with E-state index in [1.165, 1.54) is 12.1 Å². The van der Waals surface area contributed by atoms with Crippen molar-refractivity contribution >= 4 is 17.4 Å². The van der Waals surface area contributed by atoms with E-state index in [0.717, 1.165) is 12.1 Å². The van der Waals surface area contributed by atoms with Crippen molar-refractivity contribution in [3.05, 3.63) is 59.7 Å². The molecule has 3 N–H and O–H groups in total. The second-order valence-electron chi connectivity index (χ2n) is 4.51. The number of nitrogens with one attached hydrogen (secondary N) is 3. The number of amides is 2. The molecule has 4 nitrogen and oxygen atoms in total. The molecule has 0 saturated carbocycles. The number of carbonyl (C=O) groups is 1. The number of hydrazine groups is 1. The molecule has 0 atom stereocenters. The molecule has 2 aromatic carbocycles. The van der Waals surface area contributed by atoms with Crippen LogP contribution < -0.4 is 16.2 Å². The summed E-state index contributed by atoms with van der Waals surface area (Å²) >= 11 is 0. The van der Waals surface area contributed by atoms with Crippen molar-refractivity contribution in [2.75, 3.05) is 10.7 Å². The van der Waals surface area contributed by atoms with Gasteiger partial charge in [0.15, 0.2) is 0 Å². The summed E-state index contributed by atoms with van der Waals surface area (Å²) in [4.78, 5) is 11.7. The first-order valence-electron chi connectivity index (χ1n) is 6.45. The molecule has 2 aromatic rings. The van der Waals surface area contributed by atoms with E-state index in [1.807, 2.05) is 0 Å². The van der Waals surface area contributed by atoms with Gasteiger partial charge in [-0.25, -0.2) is 4.79 Å². The molecule has 0 radical (unpaired) electrons. The number of benzene rings is 2. The fourth-order valence-corrected chi connectivity index (χ4v) is 1.75. The maximum absolute atomic E-state index is 12.6. The van der Waals surface area contributed by atoms with Crippen molar-refractivity contribution in [3.63, 3.8) is 0 Å². The molecule has 7 heteroatoms. The van der Waals surface area contributed by atoms with Crippen LogP contribution in [-0.2, 0) is 6.18 Å². The van der Waals surface area contributed by atoms with Crippen LogP contribution in [0.2, 0.25) is 0 Å². The fraction of sp³-hybridized carbons (Fsp3) is 0.0625. The Hall–Kier alpha value is -3.14. The monoisotopic (exact) mass is 319 g/mol. The van der Waals surface area contributed by atoms with Crippen LogP contribution in [0.25, 0.3) is 0 Å². The number of halogens is 3. The van der Waals surface area contributed by atoms with E-state index in [2.05, 4.69) is 22.1 Å². The first kappa shape index (κ1) is 16.2. The van der Waals surface area contributed by atoms with E-state index in [4.69, 9.17) is 6.42 Å². The summed E-state index contributed by atoms with van der Waals surface area (Å²) in [6, 6.07) is 10.3. The average Bonchev–Trinajstić information content (AvgIpc) is 2.52. The van der Waals surface area contributed by atoms with Crippen LogP contribution in [0, 0.1) is 12.3 Å². The van der Waals surface area contributed by atoms with E-state index >= 15 is 0 Å². The van der Waals surface area contributed by atoms with Crippen LogP contribution >= 0.6 is 0 Å². The lowest BCUT2D eigenvalue weighted by molar-refractivity contribution is -0.137. The Labute approximate surface area is 130 Å². The summed E-state index contributed by atoms with van der Waals surface area (Å²) in [6.45, 7) is 0. The third kappa shape index (κ3) is 4.68. The predicted octanol–water partition coefficient (Wildman–Crippen LogP) is 3.84. The molecule has 0 bridgehead atoms. The lowest BCUT2D eigenvalue weighted by Gasteiger charge is -2.12. The first-order valence-corrected chi connectivity index (χ1v) is 6.45. The summed E-state index contributed by atoms with van der Waals surface area (Å²) in [5, 5.41) is 2.30. The van der Waals surface area contributed by atoms with Crippen molar-refractivity contribution in [3.8, 4) is 12.3 Å². The van der Waals surface area contributed by atoms with Crippen LogP contribution in [0.4, 0.5) is 29.3 Å². The summed E-state index contributed by atoms with van der Waals surface area (Å²) in [5.41, 5.74) is 5.26. The quantitative estimate of drug-likeness (QED) is 0.595. The van der Waals surface area contributed by atoms with Crippen molar-refractivity contribution in [1.29, 1.82) is 0 Å². The van der Waals surface area contributed by atoms with E-state index in [9.17, 15) is 18.0 Å². The van der Waals surface area contributed by atoms with Gasteiger partial charge in [0, 0.05) is 11.3 Å². The van der Waals surface area contributed by atoms with Gasteiger partial charge >= 0.3 is 12.2 Å². The molecule has 0 saturated heterocycles. The zero-order valence-corrected chi connectivity index (χ0v) is 11.7. The van der Waals surface area contributed by atoms with E-state index in [0.29, 0.717) is 11.3 Å². The lowest BCUT2D eigenvalue weighted by atomic mass is 10.2. The lowest BCUT2D eigenvalue weighted by Crippen LogP contribution is -2.33. The van der Waals surface area contributed by atoms with Gasteiger partial charge in [0.1, 0.15) is 0 Å². The Morgan fingerprint density at radius 2 is 1.74 bits per heavy atom. The minimum atomic E-state index is -4.47. The SMILES string of the molecule is C#Cc1cccc(NNC(=O)Nc2cccc(C(F)(F)F)c2)c1. The highest BCUT2D eigenvalue weighted by Gasteiger charge is 2.30. The van der Waals surface area contributed by atoms with E-state index in [-0.39, 0.29) is 5.69 Å². The van der Waals surface area contributed by atoms with Crippen LogP contribution in [-0.4, -0.2) is 6.03 Å². The van der Waals surface area contributed by atoms with Gasteiger partial charge in [-0.2, -0.15) is 13.2 Å². The van der Waals surface area contributed by atoms with Crippen LogP contribution in [0.5, 0.6) is 0 Å². The topological polar surface area (TPSA) is 53.2 Å². The molecule has 0 aromatic heterocycles. The summed E-state index contributed by atoms with van der Waals surface area (Å²) < 4.78 is 37.8. The zero-order valence-electron chi connectivity index (χ0n) is 11.7. The predicted molar refractivity (Wildman–Crippen MR) is 81.6 cm³/mol. The Morgan fingerprint density at radius 1 is 1.04 bits per heavy atom. The number of rotatable bonds is 3. The third-order valence-electron chi connectivity index (χ3n) is 2.80. The zero-order chi connectivity index (χ0) is 16.9. The molecule has 2 amide bonds. The second-order valence-corrected chi connectivity index (χ2v) is 4.51. The number of urea groups is 1. The molecular formula is C16H12F3N3O. The minimum absolute atomic E-state index is 0.0245. The molecule has 0 heterocycles. The van der Waals surface area contributed by atoms with E-state index in [1.54, 1.807) is 24.3 Å². The van der Waals surface area contributed by atoms with Crippen LogP contribution in [0.15, 0.2) is 48.5 Å². The van der Waals surface area contributed by atoms with Gasteiger partial charge < -0.3 is 5.32 Å². The maximum Gasteiger partial charge on any atom is 0.416 e. The Balaban J connectivity index is 1.96. The molecule has 0 unspecified atom stereocenters. The number of carbonyl (C=O) groups excluding carboxylic acids is 1. The van der Waals surface area contributed by atoms with Gasteiger partial charge in [-0.1, -0.05) is 18.1 Å². The van der Waals surface area contributed by atoms with Crippen molar-refractivity contribution in [1.82, 2.24) is 5.43 Å². The van der Waals surface area contributed by atoms with Crippen LogP contribution in [0.1, 0.15) is 11.1 Å². The van der Waals surface area contributed by atoms with Crippen molar-refractivity contribution in [2.45, 2.75) is 6.18 Å². The van der Waals surface area contributed by atoms with Crippen LogP contribution in [0.3, 0.4) is 0 Å². The first-order chi connectivity index (χ1) is 10.9. The molecule has 118 valence electrons. The normalized spacial score (nSPS) is 10.5. The highest BCUT2D eigenvalue weighted by atomic mass is 19.4. The molecule has 0 spiro atoms. The highest BCUT2D eigenvalue weighted by molar-refractivity contribution is 5.90. The largest absolute Gasteiger partial charge is 0.416 e. The minimum Gasteiger partial charge on any atom is -0.307 e. The van der Waals surface area contributed by atoms with Gasteiger partial charge in [-0.05, 0) is 36.4 Å². The Bertz CT molecular complexity index is 751. The van der Waals surface area contributed by atoms with Gasteiger partial charge in [0.05, 0.1) is 11.3 Å². The molecule has 0 fully saturated rings. The second kappa shape index (κ2) is 6.75. The average molecular weight is 319 g/mol. The summed E-state index contributed by atoms with van der Waals surface area (Å²) in [7, 11) is 0. The van der Waals surface area contributed by atoms with Gasteiger partial charge in [-0.15, -0.1) is 6.42 Å². The fourth-order valence-electron chi connectivity index (χ4n) is 1.75. The van der Waals surface area contributed by atoms with E-state index < -0.39 is 17.8 Å². The maximum atomic E-state index is 12.6. The molecule has 23 heavy (non-hydrogen) atoms. The summed E-state index contributed by atoms with van der Waals surface area (Å²) in [5.74, 6) is 2.44. The van der Waals surface area contributed by atoms with Crippen molar-refractivity contribution < 1.29 is 18.0 Å². The number of hydrogen-bond acceptors (Lipinski definition) is 2. The van der Waals surface area contributed by atoms with Gasteiger partial charge in [0.2, 0.25) is 0 Å². The number of anilines is 2. The van der Waals surface area contributed by atoms with Crippen molar-refractivity contribution in [2.24, 2.45) is 0 Å². The van der Waals surface area contributed by atoms with Gasteiger partial charge in [0.25, 0.3) is 0 Å². The molecular weight excluding hydrogens is 307 g/mol. The molecule has 2 rings (SSSR count). The van der Waals surface area contributed by atoms with Gasteiger partial charge in [-0.3, -0.25) is 10.9 Å². The Morgan fingerprint density at radius 3 is 2.43 bits per heavy atom. The number of hydrogen-bond donors (Lipinski definition) is 3. The molecule has 0 aliphatic carbocycles. The molecule has 0 aliphatic heterocycles. The Kier molecular flexibility index (Phi) is 4.76. The molecule has 0 aliphatic rings. The third-order valence-corrected chi connectivity index (χ3v) is 2.80. The standard InChI is InChI=1S/C16H12F3N3O/c1-2-11-5-3-8-14(9-11)21-22-15(23)20-13-7-4-6-12(10-13)16(17,18)19/h1,3-10,21H,(H2,20,22,23). The number of alkyl halides is 3.